The average molecular weight is 233 g/mol. The number of aryl methyl sites for hydroxylation is 1. The van der Waals surface area contributed by atoms with Gasteiger partial charge in [0.2, 0.25) is 0 Å². The average Bonchev–Trinajstić information content (AvgIpc) is 2.29. The molecule has 3 heteroatoms. The van der Waals surface area contributed by atoms with Gasteiger partial charge in [0.25, 0.3) is 5.91 Å². The number of carbonyl (C=O) groups is 1. The molecule has 17 heavy (non-hydrogen) atoms. The van der Waals surface area contributed by atoms with Gasteiger partial charge in [0.15, 0.2) is 0 Å². The number of hydrogen-bond donors (Lipinski definition) is 2. The number of aliphatic hydroxyl groups excluding tert-OH is 1. The zero-order valence-electron chi connectivity index (χ0n) is 10.5. The van der Waals surface area contributed by atoms with Crippen molar-refractivity contribution >= 4 is 5.91 Å². The molecule has 2 unspecified atom stereocenters. The van der Waals surface area contributed by atoms with Crippen molar-refractivity contribution in [1.82, 2.24) is 5.32 Å². The van der Waals surface area contributed by atoms with Crippen LogP contribution in [0.3, 0.4) is 0 Å². The number of rotatable bonds is 2. The SMILES string of the molecule is Cc1ccccc1C(=O)NC1CC(O)C1(C)C. The molecule has 1 saturated carbocycles. The Hall–Kier alpha value is -1.35. The van der Waals surface area contributed by atoms with E-state index in [0.29, 0.717) is 12.0 Å². The van der Waals surface area contributed by atoms with Crippen LogP contribution < -0.4 is 5.32 Å². The predicted molar refractivity (Wildman–Crippen MR) is 66.8 cm³/mol. The van der Waals surface area contributed by atoms with Crippen molar-refractivity contribution in [3.8, 4) is 0 Å². The topological polar surface area (TPSA) is 49.3 Å². The first-order valence-electron chi connectivity index (χ1n) is 5.97. The van der Waals surface area contributed by atoms with E-state index >= 15 is 0 Å². The minimum Gasteiger partial charge on any atom is -0.392 e. The van der Waals surface area contributed by atoms with Crippen molar-refractivity contribution < 1.29 is 9.90 Å². The Kier molecular flexibility index (Phi) is 2.96. The molecular weight excluding hydrogens is 214 g/mol. The Balaban J connectivity index is 2.07. The normalized spacial score (nSPS) is 26.1. The standard InChI is InChI=1S/C14H19NO2/c1-9-6-4-5-7-10(9)13(17)15-11-8-12(16)14(11,2)3/h4-7,11-12,16H,8H2,1-3H3,(H,15,17). The molecule has 0 heterocycles. The molecule has 2 rings (SSSR count). The van der Waals surface area contributed by atoms with E-state index in [4.69, 9.17) is 0 Å². The second-order valence-electron chi connectivity index (χ2n) is 5.41. The second-order valence-corrected chi connectivity index (χ2v) is 5.41. The van der Waals surface area contributed by atoms with Crippen LogP contribution in [0, 0.1) is 12.3 Å². The Morgan fingerprint density at radius 1 is 1.41 bits per heavy atom. The van der Waals surface area contributed by atoms with Crippen LogP contribution in [-0.2, 0) is 0 Å². The molecule has 2 N–H and O–H groups in total. The molecule has 1 aromatic rings. The summed E-state index contributed by atoms with van der Waals surface area (Å²) in [5.74, 6) is -0.0481. The second kappa shape index (κ2) is 4.15. The summed E-state index contributed by atoms with van der Waals surface area (Å²) in [6.07, 6.45) is 0.328. The minimum atomic E-state index is -0.315. The van der Waals surface area contributed by atoms with Gasteiger partial charge >= 0.3 is 0 Å². The van der Waals surface area contributed by atoms with Crippen LogP contribution in [0.5, 0.6) is 0 Å². The summed E-state index contributed by atoms with van der Waals surface area (Å²) in [7, 11) is 0. The van der Waals surface area contributed by atoms with Gasteiger partial charge < -0.3 is 10.4 Å². The summed E-state index contributed by atoms with van der Waals surface area (Å²) < 4.78 is 0. The lowest BCUT2D eigenvalue weighted by Crippen LogP contribution is -2.61. The van der Waals surface area contributed by atoms with Gasteiger partial charge in [-0.2, -0.15) is 0 Å². The minimum absolute atomic E-state index is 0.0481. The summed E-state index contributed by atoms with van der Waals surface area (Å²) in [4.78, 5) is 12.1. The van der Waals surface area contributed by atoms with Crippen molar-refractivity contribution in [2.24, 2.45) is 5.41 Å². The number of hydrogen-bond acceptors (Lipinski definition) is 2. The Labute approximate surface area is 102 Å². The summed E-state index contributed by atoms with van der Waals surface area (Å²) in [5.41, 5.74) is 1.46. The first-order chi connectivity index (χ1) is 7.93. The Morgan fingerprint density at radius 2 is 2.06 bits per heavy atom. The molecule has 2 atom stereocenters. The molecule has 3 nitrogen and oxygen atoms in total. The molecule has 1 aliphatic rings. The number of aliphatic hydroxyl groups is 1. The first-order valence-corrected chi connectivity index (χ1v) is 5.97. The van der Waals surface area contributed by atoms with Crippen LogP contribution >= 0.6 is 0 Å². The number of nitrogens with one attached hydrogen (secondary N) is 1. The Bertz CT molecular complexity index is 440. The maximum absolute atomic E-state index is 12.1. The van der Waals surface area contributed by atoms with Gasteiger partial charge in [-0.25, -0.2) is 0 Å². The van der Waals surface area contributed by atoms with E-state index in [1.165, 1.54) is 0 Å². The highest BCUT2D eigenvalue weighted by atomic mass is 16.3. The van der Waals surface area contributed by atoms with Crippen molar-refractivity contribution in [3.63, 3.8) is 0 Å². The van der Waals surface area contributed by atoms with Gasteiger partial charge in [-0.15, -0.1) is 0 Å². The molecule has 1 aliphatic carbocycles. The van der Waals surface area contributed by atoms with E-state index in [1.807, 2.05) is 45.0 Å². The van der Waals surface area contributed by atoms with Gasteiger partial charge in [0, 0.05) is 17.0 Å². The lowest BCUT2D eigenvalue weighted by molar-refractivity contribution is -0.0689. The fraction of sp³-hybridized carbons (Fsp3) is 0.500. The molecule has 0 bridgehead atoms. The summed E-state index contributed by atoms with van der Waals surface area (Å²) in [5, 5.41) is 12.6. The lowest BCUT2D eigenvalue weighted by atomic mass is 9.64. The fourth-order valence-electron chi connectivity index (χ4n) is 2.21. The highest BCUT2D eigenvalue weighted by Crippen LogP contribution is 2.40. The van der Waals surface area contributed by atoms with E-state index in [0.717, 1.165) is 5.56 Å². The molecule has 0 radical (unpaired) electrons. The number of amides is 1. The van der Waals surface area contributed by atoms with E-state index in [2.05, 4.69) is 5.32 Å². The smallest absolute Gasteiger partial charge is 0.251 e. The van der Waals surface area contributed by atoms with Crippen LogP contribution in [-0.4, -0.2) is 23.2 Å². The van der Waals surface area contributed by atoms with Gasteiger partial charge in [-0.3, -0.25) is 4.79 Å². The molecule has 0 saturated heterocycles. The molecule has 1 aromatic carbocycles. The van der Waals surface area contributed by atoms with Gasteiger partial charge in [-0.05, 0) is 25.0 Å². The van der Waals surface area contributed by atoms with Crippen molar-refractivity contribution in [2.75, 3.05) is 0 Å². The first kappa shape index (κ1) is 12.1. The molecule has 92 valence electrons. The largest absolute Gasteiger partial charge is 0.392 e. The Morgan fingerprint density at radius 3 is 2.59 bits per heavy atom. The van der Waals surface area contributed by atoms with Crippen LogP contribution in [0.1, 0.15) is 36.2 Å². The highest BCUT2D eigenvalue weighted by Gasteiger charge is 2.47. The third-order valence-corrected chi connectivity index (χ3v) is 3.91. The van der Waals surface area contributed by atoms with Crippen molar-refractivity contribution in [1.29, 1.82) is 0 Å². The monoisotopic (exact) mass is 233 g/mol. The lowest BCUT2D eigenvalue weighted by Gasteiger charge is -2.49. The molecule has 1 fully saturated rings. The summed E-state index contributed by atoms with van der Waals surface area (Å²) >= 11 is 0. The molecule has 0 spiro atoms. The van der Waals surface area contributed by atoms with E-state index in [1.54, 1.807) is 0 Å². The molecule has 1 amide bonds. The van der Waals surface area contributed by atoms with E-state index < -0.39 is 0 Å². The zero-order chi connectivity index (χ0) is 12.6. The maximum atomic E-state index is 12.1. The van der Waals surface area contributed by atoms with Crippen LogP contribution in [0.25, 0.3) is 0 Å². The number of benzene rings is 1. The van der Waals surface area contributed by atoms with E-state index in [9.17, 15) is 9.90 Å². The molecule has 0 aromatic heterocycles. The predicted octanol–water partition coefficient (Wildman–Crippen LogP) is 1.88. The third kappa shape index (κ3) is 2.07. The van der Waals surface area contributed by atoms with Crippen LogP contribution in [0.2, 0.25) is 0 Å². The summed E-state index contributed by atoms with van der Waals surface area (Å²) in [6, 6.07) is 7.60. The summed E-state index contributed by atoms with van der Waals surface area (Å²) in [6.45, 7) is 5.88. The van der Waals surface area contributed by atoms with Crippen LogP contribution in [0.4, 0.5) is 0 Å². The fourth-order valence-corrected chi connectivity index (χ4v) is 2.21. The zero-order valence-corrected chi connectivity index (χ0v) is 10.5. The van der Waals surface area contributed by atoms with Crippen molar-refractivity contribution in [2.45, 2.75) is 39.3 Å². The van der Waals surface area contributed by atoms with Crippen LogP contribution in [0.15, 0.2) is 24.3 Å². The van der Waals surface area contributed by atoms with Crippen molar-refractivity contribution in [3.05, 3.63) is 35.4 Å². The van der Waals surface area contributed by atoms with Gasteiger partial charge in [0.05, 0.1) is 6.10 Å². The van der Waals surface area contributed by atoms with Gasteiger partial charge in [0.1, 0.15) is 0 Å². The highest BCUT2D eigenvalue weighted by molar-refractivity contribution is 5.95. The quantitative estimate of drug-likeness (QED) is 0.819. The third-order valence-electron chi connectivity index (χ3n) is 3.91. The number of carbonyl (C=O) groups excluding carboxylic acids is 1. The van der Waals surface area contributed by atoms with E-state index in [-0.39, 0.29) is 23.5 Å². The van der Waals surface area contributed by atoms with Gasteiger partial charge in [-0.1, -0.05) is 32.0 Å². The molecule has 0 aliphatic heterocycles. The molecular formula is C14H19NO2. The maximum Gasteiger partial charge on any atom is 0.251 e.